The molecule has 0 saturated carbocycles. The van der Waals surface area contributed by atoms with Crippen LogP contribution in [0, 0.1) is 6.92 Å². The smallest absolute Gasteiger partial charge is 0.0309 e. The molecule has 14 heavy (non-hydrogen) atoms. The van der Waals surface area contributed by atoms with Crippen molar-refractivity contribution in [2.75, 3.05) is 0 Å². The van der Waals surface area contributed by atoms with E-state index in [0.29, 0.717) is 0 Å². The number of rotatable bonds is 1. The van der Waals surface area contributed by atoms with E-state index in [9.17, 15) is 0 Å². The van der Waals surface area contributed by atoms with Crippen LogP contribution in [0.5, 0.6) is 0 Å². The Morgan fingerprint density at radius 3 is 2.93 bits per heavy atom. The standard InChI is InChI=1S/C13H13N/c1-11-6-2-3-8-13(11)12-7-4-5-9-14-10-12/h2-6,8-10H,7H2,1H3. The maximum absolute atomic E-state index is 4.20. The van der Waals surface area contributed by atoms with Crippen molar-refractivity contribution in [3.8, 4) is 0 Å². The number of allylic oxidation sites excluding steroid dienone is 3. The molecule has 0 radical (unpaired) electrons. The summed E-state index contributed by atoms with van der Waals surface area (Å²) in [5, 5.41) is 0. The Morgan fingerprint density at radius 2 is 2.07 bits per heavy atom. The van der Waals surface area contributed by atoms with Gasteiger partial charge in [0.05, 0.1) is 0 Å². The summed E-state index contributed by atoms with van der Waals surface area (Å²) < 4.78 is 0. The molecule has 0 atom stereocenters. The second-order valence-electron chi connectivity index (χ2n) is 3.40. The van der Waals surface area contributed by atoms with Gasteiger partial charge >= 0.3 is 0 Å². The second-order valence-corrected chi connectivity index (χ2v) is 3.40. The normalized spacial score (nSPS) is 15.1. The molecule has 1 heterocycles. The fraction of sp³-hybridized carbons (Fsp3) is 0.154. The van der Waals surface area contributed by atoms with Gasteiger partial charge in [0.1, 0.15) is 0 Å². The molecule has 1 aliphatic rings. The van der Waals surface area contributed by atoms with Crippen molar-refractivity contribution < 1.29 is 0 Å². The monoisotopic (exact) mass is 183 g/mol. The van der Waals surface area contributed by atoms with Gasteiger partial charge < -0.3 is 0 Å². The topological polar surface area (TPSA) is 12.4 Å². The maximum Gasteiger partial charge on any atom is 0.0309 e. The van der Waals surface area contributed by atoms with Gasteiger partial charge in [-0.3, -0.25) is 4.99 Å². The zero-order chi connectivity index (χ0) is 9.80. The number of aliphatic imine (C=N–C) groups is 1. The number of hydrogen-bond acceptors (Lipinski definition) is 1. The summed E-state index contributed by atoms with van der Waals surface area (Å²) in [5.41, 5.74) is 3.90. The predicted molar refractivity (Wildman–Crippen MR) is 61.4 cm³/mol. The molecule has 1 aromatic carbocycles. The zero-order valence-electron chi connectivity index (χ0n) is 8.27. The van der Waals surface area contributed by atoms with Crippen LogP contribution in [-0.4, -0.2) is 6.21 Å². The van der Waals surface area contributed by atoms with E-state index in [1.54, 1.807) is 0 Å². The molecule has 2 rings (SSSR count). The minimum Gasteiger partial charge on any atom is -0.264 e. The molecule has 1 aromatic rings. The van der Waals surface area contributed by atoms with Crippen molar-refractivity contribution in [1.29, 1.82) is 0 Å². The van der Waals surface area contributed by atoms with Gasteiger partial charge in [-0.2, -0.15) is 0 Å². The SMILES string of the molecule is Cc1ccccc1C1=CN=CC=CC1. The van der Waals surface area contributed by atoms with E-state index in [4.69, 9.17) is 0 Å². The molecule has 0 amide bonds. The van der Waals surface area contributed by atoms with Crippen LogP contribution in [0.3, 0.4) is 0 Å². The first-order valence-electron chi connectivity index (χ1n) is 4.81. The third-order valence-electron chi connectivity index (χ3n) is 2.37. The molecule has 0 aliphatic carbocycles. The number of benzene rings is 1. The number of aryl methyl sites for hydroxylation is 1. The average molecular weight is 183 g/mol. The van der Waals surface area contributed by atoms with E-state index in [1.807, 2.05) is 18.5 Å². The molecule has 0 fully saturated rings. The molecule has 1 heteroatoms. The van der Waals surface area contributed by atoms with Gasteiger partial charge in [-0.1, -0.05) is 30.3 Å². The summed E-state index contributed by atoms with van der Waals surface area (Å²) in [6.07, 6.45) is 8.86. The zero-order valence-corrected chi connectivity index (χ0v) is 8.27. The highest BCUT2D eigenvalue weighted by Crippen LogP contribution is 2.22. The predicted octanol–water partition coefficient (Wildman–Crippen LogP) is 3.37. The third-order valence-corrected chi connectivity index (χ3v) is 2.37. The first-order chi connectivity index (χ1) is 6.88. The molecule has 1 nitrogen and oxygen atoms in total. The Kier molecular flexibility index (Phi) is 2.59. The highest BCUT2D eigenvalue weighted by molar-refractivity contribution is 5.78. The summed E-state index contributed by atoms with van der Waals surface area (Å²) in [6, 6.07) is 8.42. The van der Waals surface area contributed by atoms with Crippen LogP contribution < -0.4 is 0 Å². The first kappa shape index (κ1) is 8.95. The Hall–Kier alpha value is -1.63. The van der Waals surface area contributed by atoms with Gasteiger partial charge in [-0.05, 0) is 36.1 Å². The summed E-state index contributed by atoms with van der Waals surface area (Å²) in [6.45, 7) is 2.13. The molecule has 0 unspecified atom stereocenters. The van der Waals surface area contributed by atoms with Gasteiger partial charge in [0.25, 0.3) is 0 Å². The van der Waals surface area contributed by atoms with Crippen molar-refractivity contribution >= 4 is 11.8 Å². The van der Waals surface area contributed by atoms with E-state index in [1.165, 1.54) is 16.7 Å². The highest BCUT2D eigenvalue weighted by Gasteiger charge is 2.03. The van der Waals surface area contributed by atoms with E-state index in [0.717, 1.165) is 6.42 Å². The van der Waals surface area contributed by atoms with Crippen LogP contribution in [0.25, 0.3) is 5.57 Å². The van der Waals surface area contributed by atoms with E-state index in [2.05, 4.69) is 42.3 Å². The Bertz CT molecular complexity index is 411. The highest BCUT2D eigenvalue weighted by atomic mass is 14.7. The lowest BCUT2D eigenvalue weighted by Gasteiger charge is -2.06. The van der Waals surface area contributed by atoms with Gasteiger partial charge in [-0.25, -0.2) is 0 Å². The van der Waals surface area contributed by atoms with E-state index < -0.39 is 0 Å². The summed E-state index contributed by atoms with van der Waals surface area (Å²) in [7, 11) is 0. The summed E-state index contributed by atoms with van der Waals surface area (Å²) >= 11 is 0. The quantitative estimate of drug-likeness (QED) is 0.633. The number of hydrogen-bond donors (Lipinski definition) is 0. The van der Waals surface area contributed by atoms with Crippen molar-refractivity contribution in [3.05, 3.63) is 53.7 Å². The second kappa shape index (κ2) is 4.05. The lowest BCUT2D eigenvalue weighted by atomic mass is 9.99. The van der Waals surface area contributed by atoms with E-state index >= 15 is 0 Å². The van der Waals surface area contributed by atoms with Crippen LogP contribution in [-0.2, 0) is 0 Å². The van der Waals surface area contributed by atoms with Crippen molar-refractivity contribution in [3.63, 3.8) is 0 Å². The van der Waals surface area contributed by atoms with Gasteiger partial charge in [0, 0.05) is 12.4 Å². The number of nitrogens with zero attached hydrogens (tertiary/aromatic N) is 1. The van der Waals surface area contributed by atoms with Crippen LogP contribution in [0.15, 0.2) is 47.6 Å². The minimum absolute atomic E-state index is 0.963. The third kappa shape index (κ3) is 1.82. The maximum atomic E-state index is 4.20. The van der Waals surface area contributed by atoms with Crippen LogP contribution in [0.4, 0.5) is 0 Å². The molecule has 0 aromatic heterocycles. The molecule has 0 bridgehead atoms. The van der Waals surface area contributed by atoms with Gasteiger partial charge in [0.15, 0.2) is 0 Å². The molecule has 70 valence electrons. The van der Waals surface area contributed by atoms with Crippen molar-refractivity contribution in [1.82, 2.24) is 0 Å². The Labute approximate surface area is 84.5 Å². The fourth-order valence-electron chi connectivity index (χ4n) is 1.60. The molecule has 1 aliphatic heterocycles. The lowest BCUT2D eigenvalue weighted by Crippen LogP contribution is -1.86. The largest absolute Gasteiger partial charge is 0.264 e. The van der Waals surface area contributed by atoms with Gasteiger partial charge in [0.2, 0.25) is 0 Å². The molecule has 0 saturated heterocycles. The van der Waals surface area contributed by atoms with Crippen molar-refractivity contribution in [2.24, 2.45) is 4.99 Å². The fourth-order valence-corrected chi connectivity index (χ4v) is 1.60. The molecule has 0 spiro atoms. The lowest BCUT2D eigenvalue weighted by molar-refractivity contribution is 1.33. The Balaban J connectivity index is 2.40. The van der Waals surface area contributed by atoms with Gasteiger partial charge in [-0.15, -0.1) is 0 Å². The average Bonchev–Trinajstić information content (AvgIpc) is 2.47. The van der Waals surface area contributed by atoms with Crippen molar-refractivity contribution in [2.45, 2.75) is 13.3 Å². The van der Waals surface area contributed by atoms with Crippen LogP contribution >= 0.6 is 0 Å². The molecule has 0 N–H and O–H groups in total. The molecular weight excluding hydrogens is 170 g/mol. The van der Waals surface area contributed by atoms with Crippen LogP contribution in [0.1, 0.15) is 17.5 Å². The van der Waals surface area contributed by atoms with E-state index in [-0.39, 0.29) is 0 Å². The summed E-state index contributed by atoms with van der Waals surface area (Å²) in [4.78, 5) is 4.20. The molecular formula is C13H13N. The first-order valence-corrected chi connectivity index (χ1v) is 4.81. The Morgan fingerprint density at radius 1 is 1.21 bits per heavy atom. The van der Waals surface area contributed by atoms with Crippen LogP contribution in [0.2, 0.25) is 0 Å². The minimum atomic E-state index is 0.963. The summed E-state index contributed by atoms with van der Waals surface area (Å²) in [5.74, 6) is 0.